The van der Waals surface area contributed by atoms with Crippen LogP contribution < -0.4 is 4.74 Å². The Hall–Kier alpha value is -2.04. The molecular formula is C18H24N2O3. The lowest BCUT2D eigenvalue weighted by molar-refractivity contribution is -0.153. The fourth-order valence-electron chi connectivity index (χ4n) is 3.29. The maximum Gasteiger partial charge on any atom is 0.269 e. The number of ether oxygens (including phenoxy) is 1. The van der Waals surface area contributed by atoms with E-state index in [0.717, 1.165) is 43.0 Å². The normalized spacial score (nSPS) is 24.6. The predicted molar refractivity (Wildman–Crippen MR) is 88.7 cm³/mol. The minimum absolute atomic E-state index is 0.0491. The van der Waals surface area contributed by atoms with Crippen molar-refractivity contribution >= 4 is 11.6 Å². The Morgan fingerprint density at radius 1 is 1.22 bits per heavy atom. The molecule has 0 aliphatic carbocycles. The fraction of sp³-hybridized carbons (Fsp3) is 0.556. The molecule has 3 rings (SSSR count). The number of hydrogen-bond donors (Lipinski definition) is 0. The van der Waals surface area contributed by atoms with Crippen LogP contribution in [0.2, 0.25) is 0 Å². The first-order valence-electron chi connectivity index (χ1n) is 8.32. The van der Waals surface area contributed by atoms with Gasteiger partial charge in [0, 0.05) is 25.1 Å². The summed E-state index contributed by atoms with van der Waals surface area (Å²) in [6.45, 7) is 3.48. The van der Waals surface area contributed by atoms with Gasteiger partial charge in [0.05, 0.1) is 12.8 Å². The number of benzene rings is 1. The Morgan fingerprint density at radius 2 is 1.91 bits per heavy atom. The smallest absolute Gasteiger partial charge is 0.269 e. The van der Waals surface area contributed by atoms with Crippen molar-refractivity contribution in [3.05, 3.63) is 29.8 Å². The van der Waals surface area contributed by atoms with E-state index in [0.29, 0.717) is 6.42 Å². The maximum absolute atomic E-state index is 12.9. The molecule has 5 nitrogen and oxygen atoms in total. The molecule has 23 heavy (non-hydrogen) atoms. The quantitative estimate of drug-likeness (QED) is 0.861. The number of rotatable bonds is 3. The third-order valence-corrected chi connectivity index (χ3v) is 4.63. The van der Waals surface area contributed by atoms with Crippen LogP contribution in [0.25, 0.3) is 0 Å². The summed E-state index contributed by atoms with van der Waals surface area (Å²) in [4.78, 5) is 20.4. The van der Waals surface area contributed by atoms with Crippen molar-refractivity contribution in [2.45, 2.75) is 44.6 Å². The highest BCUT2D eigenvalue weighted by molar-refractivity contribution is 6.07. The topological polar surface area (TPSA) is 51.1 Å². The molecule has 124 valence electrons. The number of likely N-dealkylation sites (tertiary alicyclic amines) is 1. The van der Waals surface area contributed by atoms with Crippen molar-refractivity contribution in [3.8, 4) is 5.75 Å². The van der Waals surface area contributed by atoms with Crippen LogP contribution in [0.1, 0.15) is 44.6 Å². The van der Waals surface area contributed by atoms with Gasteiger partial charge in [-0.25, -0.2) is 0 Å². The lowest BCUT2D eigenvalue weighted by atomic mass is 9.94. The van der Waals surface area contributed by atoms with Gasteiger partial charge in [-0.3, -0.25) is 4.79 Å². The molecule has 0 aromatic heterocycles. The van der Waals surface area contributed by atoms with E-state index in [1.165, 1.54) is 12.8 Å². The van der Waals surface area contributed by atoms with Crippen LogP contribution in [0.15, 0.2) is 29.4 Å². The van der Waals surface area contributed by atoms with Crippen molar-refractivity contribution in [2.24, 2.45) is 5.16 Å². The first-order valence-corrected chi connectivity index (χ1v) is 8.32. The number of para-hydroxylation sites is 1. The van der Waals surface area contributed by atoms with Gasteiger partial charge in [-0.1, -0.05) is 30.1 Å². The number of carbonyl (C=O) groups is 1. The largest absolute Gasteiger partial charge is 0.496 e. The summed E-state index contributed by atoms with van der Waals surface area (Å²) >= 11 is 0. The molecular weight excluding hydrogens is 292 g/mol. The van der Waals surface area contributed by atoms with E-state index in [-0.39, 0.29) is 5.91 Å². The summed E-state index contributed by atoms with van der Waals surface area (Å²) in [5, 5.41) is 4.20. The molecule has 1 fully saturated rings. The summed E-state index contributed by atoms with van der Waals surface area (Å²) in [6, 6.07) is 7.69. The Morgan fingerprint density at radius 3 is 2.61 bits per heavy atom. The zero-order chi connectivity index (χ0) is 16.3. The highest BCUT2D eigenvalue weighted by Crippen LogP contribution is 2.32. The average molecular weight is 316 g/mol. The zero-order valence-corrected chi connectivity index (χ0v) is 13.9. The highest BCUT2D eigenvalue weighted by atomic mass is 16.7. The lowest BCUT2D eigenvalue weighted by Crippen LogP contribution is -2.47. The zero-order valence-electron chi connectivity index (χ0n) is 13.9. The number of nitrogens with zero attached hydrogens (tertiary/aromatic N) is 2. The van der Waals surface area contributed by atoms with E-state index in [1.54, 1.807) is 7.11 Å². The predicted octanol–water partition coefficient (Wildman–Crippen LogP) is 2.98. The van der Waals surface area contributed by atoms with Crippen LogP contribution in [-0.2, 0) is 9.63 Å². The Labute approximate surface area is 137 Å². The highest BCUT2D eigenvalue weighted by Gasteiger charge is 2.45. The molecule has 1 amide bonds. The van der Waals surface area contributed by atoms with Gasteiger partial charge in [-0.2, -0.15) is 0 Å². The molecule has 2 heterocycles. The standard InChI is InChI=1S/C18H24N2O3/c1-18(17(21)20-11-7-3-4-8-12-20)13-15(19-23-18)14-9-5-6-10-16(14)22-2/h5-6,9-10H,3-4,7-8,11-13H2,1-2H3. The van der Waals surface area contributed by atoms with Gasteiger partial charge in [0.15, 0.2) is 0 Å². The van der Waals surface area contributed by atoms with E-state index < -0.39 is 5.60 Å². The molecule has 1 aromatic carbocycles. The molecule has 0 N–H and O–H groups in total. The monoisotopic (exact) mass is 316 g/mol. The number of oxime groups is 1. The van der Waals surface area contributed by atoms with Crippen LogP contribution in [0.4, 0.5) is 0 Å². The second-order valence-corrected chi connectivity index (χ2v) is 6.44. The molecule has 0 radical (unpaired) electrons. The van der Waals surface area contributed by atoms with Crippen molar-refractivity contribution in [1.82, 2.24) is 4.90 Å². The molecule has 0 spiro atoms. The molecule has 5 heteroatoms. The Kier molecular flexibility index (Phi) is 4.55. The third kappa shape index (κ3) is 3.19. The average Bonchev–Trinajstić information content (AvgIpc) is 2.81. The van der Waals surface area contributed by atoms with Gasteiger partial charge in [-0.15, -0.1) is 0 Å². The van der Waals surface area contributed by atoms with Gasteiger partial charge in [0.1, 0.15) is 5.75 Å². The van der Waals surface area contributed by atoms with E-state index >= 15 is 0 Å². The van der Waals surface area contributed by atoms with Gasteiger partial charge < -0.3 is 14.5 Å². The number of carbonyl (C=O) groups excluding carboxylic acids is 1. The van der Waals surface area contributed by atoms with Gasteiger partial charge in [-0.05, 0) is 31.9 Å². The number of methoxy groups -OCH3 is 1. The molecule has 1 atom stereocenters. The molecule has 1 unspecified atom stereocenters. The second kappa shape index (κ2) is 6.60. The van der Waals surface area contributed by atoms with E-state index in [9.17, 15) is 4.79 Å². The van der Waals surface area contributed by atoms with Gasteiger partial charge >= 0.3 is 0 Å². The van der Waals surface area contributed by atoms with Crippen LogP contribution in [0.5, 0.6) is 5.75 Å². The molecule has 0 saturated carbocycles. The third-order valence-electron chi connectivity index (χ3n) is 4.63. The van der Waals surface area contributed by atoms with Crippen molar-refractivity contribution in [3.63, 3.8) is 0 Å². The Balaban J connectivity index is 1.75. The van der Waals surface area contributed by atoms with E-state index in [2.05, 4.69) is 5.16 Å². The maximum atomic E-state index is 12.9. The molecule has 2 aliphatic heterocycles. The van der Waals surface area contributed by atoms with E-state index in [4.69, 9.17) is 9.57 Å². The second-order valence-electron chi connectivity index (χ2n) is 6.44. The van der Waals surface area contributed by atoms with Crippen molar-refractivity contribution < 1.29 is 14.4 Å². The molecule has 1 aromatic rings. The minimum Gasteiger partial charge on any atom is -0.496 e. The van der Waals surface area contributed by atoms with Crippen molar-refractivity contribution in [2.75, 3.05) is 20.2 Å². The summed E-state index contributed by atoms with van der Waals surface area (Å²) in [6.07, 6.45) is 5.02. The molecule has 0 bridgehead atoms. The summed E-state index contributed by atoms with van der Waals surface area (Å²) in [5.41, 5.74) is 0.760. The first-order chi connectivity index (χ1) is 11.1. The number of hydrogen-bond acceptors (Lipinski definition) is 4. The van der Waals surface area contributed by atoms with Crippen molar-refractivity contribution in [1.29, 1.82) is 0 Å². The fourth-order valence-corrected chi connectivity index (χ4v) is 3.29. The van der Waals surface area contributed by atoms with E-state index in [1.807, 2.05) is 36.1 Å². The van der Waals surface area contributed by atoms with Gasteiger partial charge in [0.25, 0.3) is 5.91 Å². The summed E-state index contributed by atoms with van der Waals surface area (Å²) in [7, 11) is 1.64. The Bertz CT molecular complexity index is 606. The van der Waals surface area contributed by atoms with Crippen LogP contribution in [-0.4, -0.2) is 42.3 Å². The SMILES string of the molecule is COc1ccccc1C1=NOC(C)(C(=O)N2CCCCCC2)C1. The summed E-state index contributed by atoms with van der Waals surface area (Å²) < 4.78 is 5.39. The van der Waals surface area contributed by atoms with Crippen LogP contribution in [0.3, 0.4) is 0 Å². The minimum atomic E-state index is -0.902. The molecule has 2 aliphatic rings. The van der Waals surface area contributed by atoms with Crippen LogP contribution in [0, 0.1) is 0 Å². The summed E-state index contributed by atoms with van der Waals surface area (Å²) in [5.74, 6) is 0.800. The van der Waals surface area contributed by atoms with Crippen LogP contribution >= 0.6 is 0 Å². The lowest BCUT2D eigenvalue weighted by Gasteiger charge is -2.29. The molecule has 1 saturated heterocycles. The first kappa shape index (κ1) is 15.8. The number of amides is 1. The van der Waals surface area contributed by atoms with Gasteiger partial charge in [0.2, 0.25) is 5.60 Å².